The first-order valence-corrected chi connectivity index (χ1v) is 3.70. The first-order valence-electron chi connectivity index (χ1n) is 3.70. The number of aliphatic carboxylic acids is 1. The number of nitrogens with zero attached hydrogens (tertiary/aromatic N) is 1. The number of hydrogen-bond acceptors (Lipinski definition) is 3. The minimum Gasteiger partial charge on any atom is -0.550 e. The van der Waals surface area contributed by atoms with Crippen molar-refractivity contribution in [2.24, 2.45) is 5.92 Å². The number of carbonyl (C=O) groups excluding carboxylic acids is 1. The van der Waals surface area contributed by atoms with Crippen LogP contribution in [-0.4, -0.2) is 11.0 Å². The van der Waals surface area contributed by atoms with Crippen molar-refractivity contribution in [3.8, 4) is 0 Å². The van der Waals surface area contributed by atoms with Gasteiger partial charge in [0.1, 0.15) is 0 Å². The van der Waals surface area contributed by atoms with Crippen LogP contribution < -0.4 is 5.11 Å². The predicted molar refractivity (Wildman–Crippen MR) is 44.1 cm³/mol. The number of aromatic nitrogens is 1. The molecule has 1 rings (SSSR count). The van der Waals surface area contributed by atoms with E-state index >= 15 is 0 Å². The average Bonchev–Trinajstić information content (AvgIpc) is 2.08. The van der Waals surface area contributed by atoms with Crippen LogP contribution in [0, 0.1) is 5.92 Å². The molecule has 0 N–H and O–H groups in total. The SMILES string of the molecule is CC(C)C(=O)[O-].[Ag+].c1ccncc1. The molecule has 0 atom stereocenters. The zero-order valence-electron chi connectivity index (χ0n) is 7.53. The Morgan fingerprint density at radius 3 is 1.69 bits per heavy atom. The minimum atomic E-state index is -0.991. The fourth-order valence-electron chi connectivity index (χ4n) is 0.313. The van der Waals surface area contributed by atoms with Crippen LogP contribution in [0.2, 0.25) is 0 Å². The molecule has 4 heteroatoms. The van der Waals surface area contributed by atoms with Gasteiger partial charge in [-0.2, -0.15) is 0 Å². The molecule has 1 aromatic heterocycles. The maximum atomic E-state index is 9.59. The van der Waals surface area contributed by atoms with E-state index < -0.39 is 5.97 Å². The van der Waals surface area contributed by atoms with Gasteiger partial charge in [0, 0.05) is 18.4 Å². The fraction of sp³-hybridized carbons (Fsp3) is 0.333. The molecule has 76 valence electrons. The molecule has 3 nitrogen and oxygen atoms in total. The van der Waals surface area contributed by atoms with E-state index in [0.717, 1.165) is 0 Å². The zero-order chi connectivity index (χ0) is 9.40. The molecule has 13 heavy (non-hydrogen) atoms. The average molecular weight is 274 g/mol. The van der Waals surface area contributed by atoms with E-state index in [4.69, 9.17) is 0 Å². The normalized spacial score (nSPS) is 7.92. The van der Waals surface area contributed by atoms with Crippen molar-refractivity contribution in [2.45, 2.75) is 13.8 Å². The van der Waals surface area contributed by atoms with E-state index in [0.29, 0.717) is 0 Å². The van der Waals surface area contributed by atoms with Crippen LogP contribution in [0.15, 0.2) is 30.6 Å². The third-order valence-corrected chi connectivity index (χ3v) is 1.04. The molecule has 1 heterocycles. The Hall–Kier alpha value is -0.640. The van der Waals surface area contributed by atoms with Crippen LogP contribution in [0.25, 0.3) is 0 Å². The molecule has 0 bridgehead atoms. The monoisotopic (exact) mass is 273 g/mol. The zero-order valence-corrected chi connectivity index (χ0v) is 9.01. The number of carboxylic acid groups (broad SMARTS) is 1. The van der Waals surface area contributed by atoms with Crippen LogP contribution in [-0.2, 0) is 27.2 Å². The van der Waals surface area contributed by atoms with E-state index in [9.17, 15) is 9.90 Å². The van der Waals surface area contributed by atoms with E-state index in [1.54, 1.807) is 26.2 Å². The van der Waals surface area contributed by atoms with Gasteiger partial charge in [-0.15, -0.1) is 0 Å². The Bertz CT molecular complexity index is 187. The first-order chi connectivity index (χ1) is 5.64. The topological polar surface area (TPSA) is 53.0 Å². The number of carboxylic acids is 1. The first kappa shape index (κ1) is 14.9. The Balaban J connectivity index is 0. The van der Waals surface area contributed by atoms with Crippen molar-refractivity contribution >= 4 is 5.97 Å². The van der Waals surface area contributed by atoms with Crippen LogP contribution >= 0.6 is 0 Å². The molecule has 0 aliphatic carbocycles. The Morgan fingerprint density at radius 2 is 1.62 bits per heavy atom. The summed E-state index contributed by atoms with van der Waals surface area (Å²) in [4.78, 5) is 13.4. The second kappa shape index (κ2) is 9.45. The third-order valence-electron chi connectivity index (χ3n) is 1.04. The van der Waals surface area contributed by atoms with E-state index in [1.165, 1.54) is 0 Å². The van der Waals surface area contributed by atoms with Gasteiger partial charge in [-0.25, -0.2) is 0 Å². The van der Waals surface area contributed by atoms with Gasteiger partial charge < -0.3 is 9.90 Å². The van der Waals surface area contributed by atoms with Gasteiger partial charge >= 0.3 is 22.4 Å². The molecule has 0 amide bonds. The summed E-state index contributed by atoms with van der Waals surface area (Å²) in [5.74, 6) is -1.33. The summed E-state index contributed by atoms with van der Waals surface area (Å²) in [6.45, 7) is 3.16. The molecule has 0 spiro atoms. The van der Waals surface area contributed by atoms with Crippen molar-refractivity contribution in [1.82, 2.24) is 4.98 Å². The van der Waals surface area contributed by atoms with E-state index in [1.807, 2.05) is 18.2 Å². The summed E-state index contributed by atoms with van der Waals surface area (Å²) >= 11 is 0. The van der Waals surface area contributed by atoms with Gasteiger partial charge in [0.25, 0.3) is 0 Å². The Labute approximate surface area is 93.7 Å². The molecule has 0 unspecified atom stereocenters. The van der Waals surface area contributed by atoms with Crippen molar-refractivity contribution < 1.29 is 32.3 Å². The van der Waals surface area contributed by atoms with Gasteiger partial charge in [0.2, 0.25) is 0 Å². The standard InChI is InChI=1S/C5H5N.C4H8O2.Ag/c1-2-4-6-5-3-1;1-3(2)4(5)6;/h1-5H;3H,1-2H3,(H,5,6);/q;;+1/p-1. The Kier molecular flexibility index (Phi) is 10.8. The van der Waals surface area contributed by atoms with Gasteiger partial charge in [-0.1, -0.05) is 19.9 Å². The number of carbonyl (C=O) groups is 1. The third kappa shape index (κ3) is 11.4. The molecule has 0 radical (unpaired) electrons. The molecule has 0 aromatic carbocycles. The van der Waals surface area contributed by atoms with Crippen LogP contribution in [0.1, 0.15) is 13.8 Å². The minimum absolute atomic E-state index is 0. The number of pyridine rings is 1. The molecule has 0 fully saturated rings. The molecule has 0 saturated heterocycles. The molecule has 0 aliphatic heterocycles. The maximum Gasteiger partial charge on any atom is 1.00 e. The van der Waals surface area contributed by atoms with Crippen molar-refractivity contribution in [2.75, 3.05) is 0 Å². The van der Waals surface area contributed by atoms with Crippen molar-refractivity contribution in [3.05, 3.63) is 30.6 Å². The summed E-state index contributed by atoms with van der Waals surface area (Å²) in [5.41, 5.74) is 0. The largest absolute Gasteiger partial charge is 1.00 e. The van der Waals surface area contributed by atoms with Crippen LogP contribution in [0.4, 0.5) is 0 Å². The summed E-state index contributed by atoms with van der Waals surface area (Å²) in [6, 6.07) is 5.72. The smallest absolute Gasteiger partial charge is 0.550 e. The van der Waals surface area contributed by atoms with Gasteiger partial charge in [0.15, 0.2) is 0 Å². The van der Waals surface area contributed by atoms with Gasteiger partial charge in [0.05, 0.1) is 0 Å². The quantitative estimate of drug-likeness (QED) is 0.699. The summed E-state index contributed by atoms with van der Waals surface area (Å²) in [5, 5.41) is 9.59. The van der Waals surface area contributed by atoms with Crippen molar-refractivity contribution in [1.29, 1.82) is 0 Å². The Morgan fingerprint density at radius 1 is 1.23 bits per heavy atom. The summed E-state index contributed by atoms with van der Waals surface area (Å²) in [7, 11) is 0. The predicted octanol–water partition coefficient (Wildman–Crippen LogP) is 0.471. The van der Waals surface area contributed by atoms with Crippen molar-refractivity contribution in [3.63, 3.8) is 0 Å². The molecular formula is C9H12AgNO2. The number of rotatable bonds is 1. The second-order valence-electron chi connectivity index (χ2n) is 2.50. The second-order valence-corrected chi connectivity index (χ2v) is 2.50. The molecular weight excluding hydrogens is 262 g/mol. The summed E-state index contributed by atoms with van der Waals surface area (Å²) < 4.78 is 0. The van der Waals surface area contributed by atoms with E-state index in [-0.39, 0.29) is 28.3 Å². The molecule has 0 saturated carbocycles. The summed E-state index contributed by atoms with van der Waals surface area (Å²) in [6.07, 6.45) is 3.50. The molecule has 1 aromatic rings. The number of hydrogen-bond donors (Lipinski definition) is 0. The van der Waals surface area contributed by atoms with Gasteiger partial charge in [-0.3, -0.25) is 4.98 Å². The van der Waals surface area contributed by atoms with Crippen LogP contribution in [0.5, 0.6) is 0 Å². The maximum absolute atomic E-state index is 9.59. The van der Waals surface area contributed by atoms with Gasteiger partial charge in [-0.05, 0) is 18.1 Å². The molecule has 0 aliphatic rings. The fourth-order valence-corrected chi connectivity index (χ4v) is 0.313. The van der Waals surface area contributed by atoms with Crippen LogP contribution in [0.3, 0.4) is 0 Å². The van der Waals surface area contributed by atoms with E-state index in [2.05, 4.69) is 4.98 Å².